The largest absolute Gasteiger partial charge is 0.496 e. The Morgan fingerprint density at radius 1 is 1.29 bits per heavy atom. The fourth-order valence-corrected chi connectivity index (χ4v) is 3.39. The molecule has 1 aromatic rings. The first-order chi connectivity index (χ1) is 7.89. The lowest BCUT2D eigenvalue weighted by Crippen LogP contribution is -2.14. The van der Waals surface area contributed by atoms with Crippen LogP contribution in [0.25, 0.3) is 0 Å². The van der Waals surface area contributed by atoms with Gasteiger partial charge in [-0.05, 0) is 30.9 Å². The summed E-state index contributed by atoms with van der Waals surface area (Å²) >= 11 is 0. The molecule has 2 heteroatoms. The maximum absolute atomic E-state index is 5.91. The monoisotopic (exact) mass is 233 g/mol. The summed E-state index contributed by atoms with van der Waals surface area (Å²) in [5.74, 6) is 1.52. The van der Waals surface area contributed by atoms with Crippen molar-refractivity contribution in [1.29, 1.82) is 0 Å². The van der Waals surface area contributed by atoms with Gasteiger partial charge in [0.1, 0.15) is 5.75 Å². The average Bonchev–Trinajstić information content (AvgIpc) is 2.73. The highest BCUT2D eigenvalue weighted by Gasteiger charge is 2.68. The molecule has 1 aliphatic rings. The summed E-state index contributed by atoms with van der Waals surface area (Å²) in [7, 11) is 1.74. The Labute approximate surface area is 104 Å². The third-order valence-corrected chi connectivity index (χ3v) is 4.97. The molecule has 0 bridgehead atoms. The van der Waals surface area contributed by atoms with Gasteiger partial charge in [0.15, 0.2) is 0 Å². The molecule has 0 amide bonds. The van der Waals surface area contributed by atoms with Crippen molar-refractivity contribution in [3.05, 3.63) is 29.3 Å². The molecule has 2 atom stereocenters. The van der Waals surface area contributed by atoms with Gasteiger partial charge in [0, 0.05) is 11.0 Å². The zero-order valence-electron chi connectivity index (χ0n) is 11.5. The summed E-state index contributed by atoms with van der Waals surface area (Å²) in [5.41, 5.74) is 8.89. The maximum atomic E-state index is 5.91. The van der Waals surface area contributed by atoms with Gasteiger partial charge in [0.05, 0.1) is 7.11 Å². The van der Waals surface area contributed by atoms with Crippen LogP contribution >= 0.6 is 0 Å². The van der Waals surface area contributed by atoms with E-state index in [2.05, 4.69) is 45.9 Å². The topological polar surface area (TPSA) is 35.2 Å². The van der Waals surface area contributed by atoms with Crippen molar-refractivity contribution in [3.63, 3.8) is 0 Å². The van der Waals surface area contributed by atoms with Crippen molar-refractivity contribution in [2.45, 2.75) is 33.1 Å². The first kappa shape index (κ1) is 12.4. The summed E-state index contributed by atoms with van der Waals surface area (Å²) in [5, 5.41) is 0. The predicted octanol–water partition coefficient (Wildman–Crippen LogP) is 2.88. The van der Waals surface area contributed by atoms with E-state index in [1.165, 1.54) is 11.1 Å². The van der Waals surface area contributed by atoms with E-state index in [0.29, 0.717) is 5.92 Å². The van der Waals surface area contributed by atoms with Gasteiger partial charge in [-0.2, -0.15) is 0 Å². The van der Waals surface area contributed by atoms with Crippen LogP contribution in [0.1, 0.15) is 31.9 Å². The fraction of sp³-hybridized carbons (Fsp3) is 0.600. The number of rotatable bonds is 3. The molecular weight excluding hydrogens is 210 g/mol. The Kier molecular flexibility index (Phi) is 2.74. The molecule has 1 fully saturated rings. The lowest BCUT2D eigenvalue weighted by atomic mass is 9.88. The molecule has 2 N–H and O–H groups in total. The van der Waals surface area contributed by atoms with Crippen LogP contribution in [-0.4, -0.2) is 13.7 Å². The van der Waals surface area contributed by atoms with E-state index in [9.17, 15) is 0 Å². The Morgan fingerprint density at radius 3 is 2.41 bits per heavy atom. The summed E-state index contributed by atoms with van der Waals surface area (Å²) in [6.07, 6.45) is 0. The first-order valence-corrected chi connectivity index (χ1v) is 6.24. The van der Waals surface area contributed by atoms with Crippen molar-refractivity contribution < 1.29 is 4.74 Å². The second kappa shape index (κ2) is 3.74. The molecule has 0 radical (unpaired) electrons. The van der Waals surface area contributed by atoms with Crippen molar-refractivity contribution in [2.24, 2.45) is 17.1 Å². The summed E-state index contributed by atoms with van der Waals surface area (Å²) in [4.78, 5) is 0. The third kappa shape index (κ3) is 1.50. The number of hydrogen-bond acceptors (Lipinski definition) is 2. The molecule has 2 unspecified atom stereocenters. The minimum atomic E-state index is 0.138. The molecule has 0 saturated heterocycles. The average molecular weight is 233 g/mol. The van der Waals surface area contributed by atoms with E-state index in [4.69, 9.17) is 10.5 Å². The van der Waals surface area contributed by atoms with E-state index in [0.717, 1.165) is 12.3 Å². The predicted molar refractivity (Wildman–Crippen MR) is 71.4 cm³/mol. The SMILES string of the molecule is COc1ccc(C)cc1C1(C)C(CN)C1(C)C. The van der Waals surface area contributed by atoms with E-state index in [-0.39, 0.29) is 10.8 Å². The zero-order chi connectivity index (χ0) is 12.8. The van der Waals surface area contributed by atoms with E-state index in [1.54, 1.807) is 7.11 Å². The Balaban J connectivity index is 2.51. The van der Waals surface area contributed by atoms with Crippen molar-refractivity contribution in [1.82, 2.24) is 0 Å². The third-order valence-electron chi connectivity index (χ3n) is 4.97. The molecule has 1 aromatic carbocycles. The van der Waals surface area contributed by atoms with Crippen LogP contribution in [0.3, 0.4) is 0 Å². The fourth-order valence-electron chi connectivity index (χ4n) is 3.39. The molecule has 94 valence electrons. The minimum Gasteiger partial charge on any atom is -0.496 e. The van der Waals surface area contributed by atoms with Gasteiger partial charge in [0.25, 0.3) is 0 Å². The molecule has 2 rings (SSSR count). The Bertz CT molecular complexity index is 439. The molecule has 0 spiro atoms. The number of nitrogens with two attached hydrogens (primary N) is 1. The molecule has 17 heavy (non-hydrogen) atoms. The molecule has 2 nitrogen and oxygen atoms in total. The van der Waals surface area contributed by atoms with Crippen molar-refractivity contribution in [2.75, 3.05) is 13.7 Å². The minimum absolute atomic E-state index is 0.138. The molecular formula is C15H23NO. The van der Waals surface area contributed by atoms with Gasteiger partial charge in [-0.3, -0.25) is 0 Å². The number of hydrogen-bond donors (Lipinski definition) is 1. The van der Waals surface area contributed by atoms with E-state index >= 15 is 0 Å². The van der Waals surface area contributed by atoms with Gasteiger partial charge in [-0.25, -0.2) is 0 Å². The maximum Gasteiger partial charge on any atom is 0.122 e. The number of aryl methyl sites for hydroxylation is 1. The molecule has 0 heterocycles. The van der Waals surface area contributed by atoms with Crippen LogP contribution in [0.4, 0.5) is 0 Å². The second-order valence-electron chi connectivity index (χ2n) is 5.92. The highest BCUT2D eigenvalue weighted by molar-refractivity contribution is 5.49. The molecule has 1 saturated carbocycles. The van der Waals surface area contributed by atoms with Crippen molar-refractivity contribution >= 4 is 0 Å². The zero-order valence-corrected chi connectivity index (χ0v) is 11.5. The normalized spacial score (nSPS) is 30.1. The number of benzene rings is 1. The summed E-state index contributed by atoms with van der Waals surface area (Å²) < 4.78 is 5.51. The number of methoxy groups -OCH3 is 1. The standard InChI is InChI=1S/C15H23NO/c1-10-6-7-12(17-5)11(8-10)15(4)13(9-16)14(15,2)3/h6-8,13H,9,16H2,1-5H3. The lowest BCUT2D eigenvalue weighted by molar-refractivity contribution is 0.398. The van der Waals surface area contributed by atoms with Crippen LogP contribution in [0.15, 0.2) is 18.2 Å². The number of ether oxygens (including phenoxy) is 1. The summed E-state index contributed by atoms with van der Waals surface area (Å²) in [6.45, 7) is 9.76. The lowest BCUT2D eigenvalue weighted by Gasteiger charge is -2.19. The first-order valence-electron chi connectivity index (χ1n) is 6.24. The molecule has 1 aliphatic carbocycles. The summed E-state index contributed by atoms with van der Waals surface area (Å²) in [6, 6.07) is 6.41. The van der Waals surface area contributed by atoms with Gasteiger partial charge in [-0.15, -0.1) is 0 Å². The second-order valence-corrected chi connectivity index (χ2v) is 5.92. The highest BCUT2D eigenvalue weighted by atomic mass is 16.5. The van der Waals surface area contributed by atoms with Gasteiger partial charge in [-0.1, -0.05) is 38.5 Å². The van der Waals surface area contributed by atoms with Crippen LogP contribution in [0, 0.1) is 18.3 Å². The smallest absolute Gasteiger partial charge is 0.122 e. The van der Waals surface area contributed by atoms with Crippen LogP contribution < -0.4 is 10.5 Å². The Morgan fingerprint density at radius 2 is 1.94 bits per heavy atom. The van der Waals surface area contributed by atoms with Crippen molar-refractivity contribution in [3.8, 4) is 5.75 Å². The van der Waals surface area contributed by atoms with Crippen LogP contribution in [0.5, 0.6) is 5.75 Å². The Hall–Kier alpha value is -1.02. The van der Waals surface area contributed by atoms with Crippen LogP contribution in [-0.2, 0) is 5.41 Å². The molecule has 0 aliphatic heterocycles. The van der Waals surface area contributed by atoms with Gasteiger partial charge >= 0.3 is 0 Å². The van der Waals surface area contributed by atoms with Crippen LogP contribution in [0.2, 0.25) is 0 Å². The van der Waals surface area contributed by atoms with Gasteiger partial charge in [0.2, 0.25) is 0 Å². The van der Waals surface area contributed by atoms with E-state index < -0.39 is 0 Å². The molecule has 0 aromatic heterocycles. The van der Waals surface area contributed by atoms with E-state index in [1.807, 2.05) is 0 Å². The van der Waals surface area contributed by atoms with Gasteiger partial charge < -0.3 is 10.5 Å². The quantitative estimate of drug-likeness (QED) is 0.871. The highest BCUT2D eigenvalue weighted by Crippen LogP contribution is 2.69.